The molecule has 3 rings (SSSR count). The van der Waals surface area contributed by atoms with Crippen LogP contribution < -0.4 is 10.1 Å². The first-order valence-corrected chi connectivity index (χ1v) is 8.72. The van der Waals surface area contributed by atoms with Gasteiger partial charge >= 0.3 is 0 Å². The second-order valence-corrected chi connectivity index (χ2v) is 7.64. The van der Waals surface area contributed by atoms with Gasteiger partial charge in [-0.3, -0.25) is 0 Å². The first-order chi connectivity index (χ1) is 9.98. The van der Waals surface area contributed by atoms with Crippen molar-refractivity contribution in [3.05, 3.63) is 30.0 Å². The van der Waals surface area contributed by atoms with Crippen LogP contribution in [0.1, 0.15) is 12.1 Å². The van der Waals surface area contributed by atoms with Gasteiger partial charge in [-0.05, 0) is 25.5 Å². The Kier molecular flexibility index (Phi) is 3.49. The lowest BCUT2D eigenvalue weighted by Gasteiger charge is -2.16. The summed E-state index contributed by atoms with van der Waals surface area (Å²) < 4.78 is 28.5. The van der Waals surface area contributed by atoms with Crippen LogP contribution in [0.15, 0.2) is 24.3 Å². The molecule has 0 aliphatic carbocycles. The van der Waals surface area contributed by atoms with Crippen molar-refractivity contribution < 1.29 is 13.2 Å². The Morgan fingerprint density at radius 1 is 1.38 bits per heavy atom. The molecule has 1 atom stereocenters. The zero-order valence-corrected chi connectivity index (χ0v) is 12.9. The number of sulfone groups is 1. The molecule has 112 valence electrons. The van der Waals surface area contributed by atoms with E-state index in [4.69, 9.17) is 4.74 Å². The number of methoxy groups -OCH3 is 1. The predicted octanol–water partition coefficient (Wildman–Crippen LogP) is 2.15. The number of nitrogens with zero attached hydrogens (tertiary/aromatic N) is 1. The number of para-hydroxylation sites is 1. The number of ether oxygens (including phenoxy) is 1. The van der Waals surface area contributed by atoms with Crippen molar-refractivity contribution in [1.82, 2.24) is 4.98 Å². The number of anilines is 1. The number of hydrogen-bond acceptors (Lipinski definition) is 5. The Labute approximate surface area is 124 Å². The summed E-state index contributed by atoms with van der Waals surface area (Å²) in [6.07, 6.45) is 0.648. The highest BCUT2D eigenvalue weighted by molar-refractivity contribution is 7.91. The van der Waals surface area contributed by atoms with Crippen LogP contribution >= 0.6 is 0 Å². The van der Waals surface area contributed by atoms with E-state index >= 15 is 0 Å². The summed E-state index contributed by atoms with van der Waals surface area (Å²) in [4.78, 5) is 4.53. The maximum atomic E-state index is 11.6. The molecule has 6 heteroatoms. The average molecular weight is 306 g/mol. The minimum absolute atomic E-state index is 0.0359. The molecule has 0 amide bonds. The quantitative estimate of drug-likeness (QED) is 0.941. The predicted molar refractivity (Wildman–Crippen MR) is 83.7 cm³/mol. The monoisotopic (exact) mass is 306 g/mol. The summed E-state index contributed by atoms with van der Waals surface area (Å²) in [5, 5.41) is 4.31. The van der Waals surface area contributed by atoms with Crippen LogP contribution in [0, 0.1) is 6.92 Å². The molecular weight excluding hydrogens is 288 g/mol. The summed E-state index contributed by atoms with van der Waals surface area (Å²) in [6.45, 7) is 1.92. The molecule has 1 aliphatic rings. The molecule has 5 nitrogen and oxygen atoms in total. The van der Waals surface area contributed by atoms with E-state index in [9.17, 15) is 8.42 Å². The van der Waals surface area contributed by atoms with Gasteiger partial charge < -0.3 is 10.1 Å². The number of pyridine rings is 1. The molecule has 0 bridgehead atoms. The number of hydrogen-bond donors (Lipinski definition) is 1. The van der Waals surface area contributed by atoms with Crippen molar-refractivity contribution >= 4 is 26.4 Å². The van der Waals surface area contributed by atoms with E-state index in [1.165, 1.54) is 0 Å². The SMILES string of the molecule is COc1cccc2c(NC3CCS(=O)(=O)C3)cc(C)nc12. The Bertz CT molecular complexity index is 787. The summed E-state index contributed by atoms with van der Waals surface area (Å²) in [6, 6.07) is 7.67. The molecule has 2 heterocycles. The minimum Gasteiger partial charge on any atom is -0.494 e. The third kappa shape index (κ3) is 2.81. The zero-order valence-electron chi connectivity index (χ0n) is 12.1. The second kappa shape index (κ2) is 5.18. The summed E-state index contributed by atoms with van der Waals surface area (Å²) in [5.74, 6) is 1.17. The van der Waals surface area contributed by atoms with Crippen molar-refractivity contribution in [3.63, 3.8) is 0 Å². The van der Waals surface area contributed by atoms with E-state index in [0.717, 1.165) is 28.0 Å². The lowest BCUT2D eigenvalue weighted by molar-refractivity contribution is 0.419. The molecule has 2 aromatic rings. The fourth-order valence-electron chi connectivity index (χ4n) is 2.76. The van der Waals surface area contributed by atoms with Crippen LogP contribution in [0.25, 0.3) is 10.9 Å². The van der Waals surface area contributed by atoms with Gasteiger partial charge in [0.25, 0.3) is 0 Å². The average Bonchev–Trinajstić information content (AvgIpc) is 2.77. The van der Waals surface area contributed by atoms with Crippen LogP contribution in [-0.4, -0.2) is 38.1 Å². The van der Waals surface area contributed by atoms with Gasteiger partial charge in [-0.15, -0.1) is 0 Å². The Morgan fingerprint density at radius 2 is 2.19 bits per heavy atom. The second-order valence-electron chi connectivity index (χ2n) is 5.41. The molecule has 1 aliphatic heterocycles. The zero-order chi connectivity index (χ0) is 15.0. The van der Waals surface area contributed by atoms with Crippen LogP contribution in [0.5, 0.6) is 5.75 Å². The molecule has 1 unspecified atom stereocenters. The first kappa shape index (κ1) is 14.1. The number of rotatable bonds is 3. The van der Waals surface area contributed by atoms with Crippen LogP contribution in [0.3, 0.4) is 0 Å². The highest BCUT2D eigenvalue weighted by Gasteiger charge is 2.28. The third-order valence-corrected chi connectivity index (χ3v) is 5.51. The molecule has 1 N–H and O–H groups in total. The van der Waals surface area contributed by atoms with Gasteiger partial charge in [0, 0.05) is 22.8 Å². The summed E-state index contributed by atoms with van der Waals surface area (Å²) >= 11 is 0. The first-order valence-electron chi connectivity index (χ1n) is 6.90. The lowest BCUT2D eigenvalue weighted by Crippen LogP contribution is -2.20. The minimum atomic E-state index is -2.89. The van der Waals surface area contributed by atoms with E-state index in [2.05, 4.69) is 10.3 Å². The van der Waals surface area contributed by atoms with Gasteiger partial charge in [0.15, 0.2) is 9.84 Å². The third-order valence-electron chi connectivity index (χ3n) is 3.74. The largest absolute Gasteiger partial charge is 0.494 e. The van der Waals surface area contributed by atoms with Crippen LogP contribution in [0.4, 0.5) is 5.69 Å². The van der Waals surface area contributed by atoms with E-state index in [0.29, 0.717) is 6.42 Å². The maximum Gasteiger partial charge on any atom is 0.152 e. The van der Waals surface area contributed by atoms with Crippen LogP contribution in [-0.2, 0) is 9.84 Å². The summed E-state index contributed by atoms with van der Waals surface area (Å²) in [5.41, 5.74) is 2.58. The number of benzene rings is 1. The van der Waals surface area contributed by atoms with Crippen LogP contribution in [0.2, 0.25) is 0 Å². The van der Waals surface area contributed by atoms with Crippen molar-refractivity contribution in [2.45, 2.75) is 19.4 Å². The Morgan fingerprint density at radius 3 is 2.86 bits per heavy atom. The Balaban J connectivity index is 2.02. The van der Waals surface area contributed by atoms with Crippen molar-refractivity contribution in [2.75, 3.05) is 23.9 Å². The van der Waals surface area contributed by atoms with E-state index in [1.807, 2.05) is 31.2 Å². The van der Waals surface area contributed by atoms with Crippen molar-refractivity contribution in [1.29, 1.82) is 0 Å². The molecule has 21 heavy (non-hydrogen) atoms. The van der Waals surface area contributed by atoms with Gasteiger partial charge in [0.05, 0.1) is 18.6 Å². The smallest absolute Gasteiger partial charge is 0.152 e. The number of aromatic nitrogens is 1. The molecule has 1 aromatic heterocycles. The maximum absolute atomic E-state index is 11.6. The molecule has 0 saturated carbocycles. The topological polar surface area (TPSA) is 68.3 Å². The van der Waals surface area contributed by atoms with Gasteiger partial charge in [-0.25, -0.2) is 13.4 Å². The van der Waals surface area contributed by atoms with Crippen molar-refractivity contribution in [2.24, 2.45) is 0 Å². The Hall–Kier alpha value is -1.82. The molecule has 1 saturated heterocycles. The molecule has 1 fully saturated rings. The number of nitrogens with one attached hydrogen (secondary N) is 1. The number of aryl methyl sites for hydroxylation is 1. The molecule has 0 radical (unpaired) electrons. The normalized spacial score (nSPS) is 20.6. The van der Waals surface area contributed by atoms with Gasteiger partial charge in [-0.2, -0.15) is 0 Å². The van der Waals surface area contributed by atoms with E-state index in [1.54, 1.807) is 7.11 Å². The van der Waals surface area contributed by atoms with Crippen molar-refractivity contribution in [3.8, 4) is 5.75 Å². The fourth-order valence-corrected chi connectivity index (χ4v) is 4.44. The highest BCUT2D eigenvalue weighted by Crippen LogP contribution is 2.31. The molecule has 1 aromatic carbocycles. The summed E-state index contributed by atoms with van der Waals surface area (Å²) in [7, 11) is -1.27. The molecule has 0 spiro atoms. The van der Waals surface area contributed by atoms with Gasteiger partial charge in [0.1, 0.15) is 11.3 Å². The number of fused-ring (bicyclic) bond motifs is 1. The standard InChI is InChI=1S/C15H18N2O3S/c1-10-8-13(17-11-6-7-21(18,19)9-11)12-4-3-5-14(20-2)15(12)16-10/h3-5,8,11H,6-7,9H2,1-2H3,(H,16,17). The molecular formula is C15H18N2O3S. The van der Waals surface area contributed by atoms with E-state index in [-0.39, 0.29) is 17.5 Å². The van der Waals surface area contributed by atoms with Gasteiger partial charge in [0.2, 0.25) is 0 Å². The lowest BCUT2D eigenvalue weighted by atomic mass is 10.1. The van der Waals surface area contributed by atoms with Gasteiger partial charge in [-0.1, -0.05) is 12.1 Å². The fraction of sp³-hybridized carbons (Fsp3) is 0.400. The van der Waals surface area contributed by atoms with E-state index < -0.39 is 9.84 Å². The highest BCUT2D eigenvalue weighted by atomic mass is 32.2.